The van der Waals surface area contributed by atoms with Crippen molar-refractivity contribution in [2.75, 3.05) is 31.5 Å². The fraction of sp³-hybridized carbons (Fsp3) is 0.300. The van der Waals surface area contributed by atoms with E-state index in [1.54, 1.807) is 24.5 Å². The molecule has 0 bridgehead atoms. The molecule has 0 saturated heterocycles. The predicted octanol–water partition coefficient (Wildman–Crippen LogP) is 3.59. The van der Waals surface area contributed by atoms with E-state index in [1.165, 1.54) is 0 Å². The zero-order valence-electron chi connectivity index (χ0n) is 15.4. The number of pyridine rings is 1. The lowest BCUT2D eigenvalue weighted by Gasteiger charge is -2.19. The molecular formula is C20H21N5O2. The summed E-state index contributed by atoms with van der Waals surface area (Å²) in [4.78, 5) is 30.9. The van der Waals surface area contributed by atoms with Crippen molar-refractivity contribution < 1.29 is 0 Å². The van der Waals surface area contributed by atoms with Crippen molar-refractivity contribution in [3.63, 3.8) is 0 Å². The largest absolute Gasteiger partial charge is 0.383 e. The maximum absolute atomic E-state index is 13.3. The summed E-state index contributed by atoms with van der Waals surface area (Å²) in [6.45, 7) is 7.89. The average molecular weight is 363 g/mol. The molecule has 0 amide bonds. The number of nitrogens with one attached hydrogen (secondary N) is 1. The normalized spacial score (nSPS) is 11.8. The van der Waals surface area contributed by atoms with Gasteiger partial charge in [-0.1, -0.05) is 13.8 Å². The maximum Gasteiger partial charge on any atom is 0.199 e. The molecule has 4 rings (SSSR count). The molecule has 27 heavy (non-hydrogen) atoms. The third-order valence-electron chi connectivity index (χ3n) is 5.16. The van der Waals surface area contributed by atoms with E-state index in [0.717, 1.165) is 48.4 Å². The van der Waals surface area contributed by atoms with E-state index in [9.17, 15) is 9.70 Å². The lowest BCUT2D eigenvalue weighted by Crippen LogP contribution is -2.28. The van der Waals surface area contributed by atoms with Crippen molar-refractivity contribution in [2.24, 2.45) is 5.18 Å². The topological polar surface area (TPSA) is 79.1 Å². The van der Waals surface area contributed by atoms with E-state index in [-0.39, 0.29) is 11.1 Å². The van der Waals surface area contributed by atoms with Crippen LogP contribution in [0.5, 0.6) is 0 Å². The van der Waals surface area contributed by atoms with Crippen LogP contribution in [0.15, 0.2) is 46.6 Å². The smallest absolute Gasteiger partial charge is 0.199 e. The molecule has 2 aromatic carbocycles. The highest BCUT2D eigenvalue weighted by atomic mass is 16.3. The molecule has 2 aromatic heterocycles. The maximum atomic E-state index is 13.3. The summed E-state index contributed by atoms with van der Waals surface area (Å²) in [5, 5.41) is 7.44. The van der Waals surface area contributed by atoms with Crippen LogP contribution >= 0.6 is 0 Å². The summed E-state index contributed by atoms with van der Waals surface area (Å²) < 4.78 is 1.91. The van der Waals surface area contributed by atoms with Gasteiger partial charge >= 0.3 is 0 Å². The third kappa shape index (κ3) is 2.80. The van der Waals surface area contributed by atoms with Gasteiger partial charge in [0, 0.05) is 24.2 Å². The van der Waals surface area contributed by atoms with E-state index in [2.05, 4.69) is 34.2 Å². The SMILES string of the molecule is CCN(CC)CCNc1ccc2ncn3c4ccc(N=O)cc4c(=O)c1c23. The summed E-state index contributed by atoms with van der Waals surface area (Å²) in [5.41, 5.74) is 3.22. The number of anilines is 1. The van der Waals surface area contributed by atoms with Gasteiger partial charge in [-0.15, -0.1) is 4.91 Å². The minimum absolute atomic E-state index is 0.112. The molecule has 0 fully saturated rings. The molecule has 0 spiro atoms. The monoisotopic (exact) mass is 363 g/mol. The number of rotatable bonds is 7. The Hall–Kier alpha value is -3.06. The number of hydrogen-bond acceptors (Lipinski definition) is 6. The quantitative estimate of drug-likeness (QED) is 0.401. The van der Waals surface area contributed by atoms with Crippen LogP contribution in [0, 0.1) is 4.91 Å². The molecule has 0 aliphatic rings. The number of likely N-dealkylation sites (N-methyl/N-ethyl adjacent to an activating group) is 1. The van der Waals surface area contributed by atoms with Crippen LogP contribution in [-0.2, 0) is 0 Å². The Morgan fingerprint density at radius 1 is 1.19 bits per heavy atom. The van der Waals surface area contributed by atoms with Crippen LogP contribution in [0.1, 0.15) is 13.8 Å². The molecule has 0 aliphatic heterocycles. The second-order valence-corrected chi connectivity index (χ2v) is 6.55. The minimum Gasteiger partial charge on any atom is -0.383 e. The molecule has 1 N–H and O–H groups in total. The van der Waals surface area contributed by atoms with Crippen molar-refractivity contribution in [3.8, 4) is 0 Å². The Morgan fingerprint density at radius 3 is 2.74 bits per heavy atom. The van der Waals surface area contributed by atoms with E-state index < -0.39 is 0 Å². The van der Waals surface area contributed by atoms with Gasteiger partial charge in [-0.05, 0) is 48.6 Å². The molecule has 0 unspecified atom stereocenters. The first-order valence-electron chi connectivity index (χ1n) is 9.16. The van der Waals surface area contributed by atoms with E-state index in [1.807, 2.05) is 16.5 Å². The Morgan fingerprint density at radius 2 is 2.00 bits per heavy atom. The van der Waals surface area contributed by atoms with Gasteiger partial charge in [-0.3, -0.25) is 9.20 Å². The highest BCUT2D eigenvalue weighted by Crippen LogP contribution is 2.29. The van der Waals surface area contributed by atoms with Crippen LogP contribution < -0.4 is 10.7 Å². The highest BCUT2D eigenvalue weighted by molar-refractivity contribution is 6.07. The Labute approximate surface area is 155 Å². The van der Waals surface area contributed by atoms with Gasteiger partial charge in [0.1, 0.15) is 12.0 Å². The summed E-state index contributed by atoms with van der Waals surface area (Å²) >= 11 is 0. The molecule has 0 atom stereocenters. The van der Waals surface area contributed by atoms with Crippen molar-refractivity contribution in [1.82, 2.24) is 14.3 Å². The molecule has 0 saturated carbocycles. The van der Waals surface area contributed by atoms with E-state index >= 15 is 0 Å². The molecule has 2 heterocycles. The van der Waals surface area contributed by atoms with Crippen LogP contribution in [0.3, 0.4) is 0 Å². The van der Waals surface area contributed by atoms with Crippen LogP contribution in [0.25, 0.3) is 27.3 Å². The number of aromatic nitrogens is 2. The van der Waals surface area contributed by atoms with Gasteiger partial charge in [-0.2, -0.15) is 0 Å². The first-order chi connectivity index (χ1) is 13.2. The molecular weight excluding hydrogens is 342 g/mol. The van der Waals surface area contributed by atoms with E-state index in [0.29, 0.717) is 10.8 Å². The molecule has 7 nitrogen and oxygen atoms in total. The van der Waals surface area contributed by atoms with Crippen LogP contribution in [0.4, 0.5) is 11.4 Å². The second kappa shape index (κ2) is 6.92. The van der Waals surface area contributed by atoms with Gasteiger partial charge in [-0.25, -0.2) is 4.98 Å². The summed E-state index contributed by atoms with van der Waals surface area (Å²) in [7, 11) is 0. The van der Waals surface area contributed by atoms with Crippen LogP contribution in [0.2, 0.25) is 0 Å². The fourth-order valence-electron chi connectivity index (χ4n) is 3.66. The van der Waals surface area contributed by atoms with E-state index in [4.69, 9.17) is 0 Å². The van der Waals surface area contributed by atoms with Crippen molar-refractivity contribution >= 4 is 38.7 Å². The first-order valence-corrected chi connectivity index (χ1v) is 9.16. The van der Waals surface area contributed by atoms with Crippen molar-refractivity contribution in [2.45, 2.75) is 13.8 Å². The summed E-state index contributed by atoms with van der Waals surface area (Å²) in [5.74, 6) is 0. The zero-order chi connectivity index (χ0) is 19.0. The predicted molar refractivity (Wildman–Crippen MR) is 109 cm³/mol. The Bertz CT molecular complexity index is 1180. The lowest BCUT2D eigenvalue weighted by molar-refractivity contribution is 0.316. The van der Waals surface area contributed by atoms with Gasteiger partial charge in [0.05, 0.1) is 21.9 Å². The lowest BCUT2D eigenvalue weighted by atomic mass is 10.1. The van der Waals surface area contributed by atoms with Gasteiger partial charge < -0.3 is 10.2 Å². The Kier molecular flexibility index (Phi) is 4.45. The molecule has 138 valence electrons. The first kappa shape index (κ1) is 17.4. The second-order valence-electron chi connectivity index (χ2n) is 6.55. The molecule has 0 radical (unpaired) electrons. The third-order valence-corrected chi connectivity index (χ3v) is 5.16. The highest BCUT2D eigenvalue weighted by Gasteiger charge is 2.17. The number of nitroso groups, excluding NO2 is 1. The average Bonchev–Trinajstić information content (AvgIpc) is 3.14. The number of fused-ring (bicyclic) bond motifs is 2. The number of nitrogens with zero attached hydrogens (tertiary/aromatic N) is 4. The van der Waals surface area contributed by atoms with Crippen molar-refractivity contribution in [1.29, 1.82) is 0 Å². The zero-order valence-corrected chi connectivity index (χ0v) is 15.4. The summed E-state index contributed by atoms with van der Waals surface area (Å²) in [6.07, 6.45) is 1.72. The molecule has 7 heteroatoms. The molecule has 0 aliphatic carbocycles. The van der Waals surface area contributed by atoms with Gasteiger partial charge in [0.2, 0.25) is 0 Å². The number of hydrogen-bond donors (Lipinski definition) is 1. The van der Waals surface area contributed by atoms with Crippen molar-refractivity contribution in [3.05, 3.63) is 51.8 Å². The van der Waals surface area contributed by atoms with Crippen LogP contribution in [-0.4, -0.2) is 40.5 Å². The number of imidazole rings is 1. The Balaban J connectivity index is 1.88. The minimum atomic E-state index is -0.112. The van der Waals surface area contributed by atoms with Gasteiger partial charge in [0.15, 0.2) is 5.43 Å². The van der Waals surface area contributed by atoms with Gasteiger partial charge in [0.25, 0.3) is 0 Å². The summed E-state index contributed by atoms with van der Waals surface area (Å²) in [6, 6.07) is 8.74. The standard InChI is InChI=1S/C20H21N5O2/c1-3-24(4-2)10-9-21-15-6-7-16-19-18(15)20(26)14-11-13(23-27)5-8-17(14)25(19)12-22-16/h5-8,11-12,21H,3-4,9-10H2,1-2H3. The fourth-order valence-corrected chi connectivity index (χ4v) is 3.66. The number of benzene rings is 2. The molecule has 4 aromatic rings.